The van der Waals surface area contributed by atoms with Crippen LogP contribution >= 0.6 is 11.8 Å². The molecule has 0 aromatic heterocycles. The number of para-hydroxylation sites is 1. The van der Waals surface area contributed by atoms with Gasteiger partial charge in [0.2, 0.25) is 11.8 Å². The highest BCUT2D eigenvalue weighted by molar-refractivity contribution is 8.01. The monoisotopic (exact) mass is 469 g/mol. The zero-order valence-electron chi connectivity index (χ0n) is 18.7. The van der Waals surface area contributed by atoms with Crippen molar-refractivity contribution in [2.45, 2.75) is 29.4 Å². The SMILES string of the molecule is COc1ccc(NC(=O)CN2C(=O)C(C(=O)N3CCCCC3)Sc3ccccc32)cc1OC. The van der Waals surface area contributed by atoms with Crippen molar-refractivity contribution < 1.29 is 23.9 Å². The van der Waals surface area contributed by atoms with Gasteiger partial charge in [-0.05, 0) is 43.5 Å². The van der Waals surface area contributed by atoms with Crippen molar-refractivity contribution >= 4 is 40.9 Å². The van der Waals surface area contributed by atoms with E-state index in [2.05, 4.69) is 5.32 Å². The zero-order valence-corrected chi connectivity index (χ0v) is 19.5. The van der Waals surface area contributed by atoms with Gasteiger partial charge in [0.1, 0.15) is 6.54 Å². The second kappa shape index (κ2) is 10.2. The summed E-state index contributed by atoms with van der Waals surface area (Å²) < 4.78 is 10.5. The Morgan fingerprint density at radius 3 is 2.48 bits per heavy atom. The van der Waals surface area contributed by atoms with Gasteiger partial charge < -0.3 is 24.6 Å². The maximum absolute atomic E-state index is 13.4. The quantitative estimate of drug-likeness (QED) is 0.654. The lowest BCUT2D eigenvalue weighted by atomic mass is 10.1. The zero-order chi connectivity index (χ0) is 23.4. The average Bonchev–Trinajstić information content (AvgIpc) is 2.85. The summed E-state index contributed by atoms with van der Waals surface area (Å²) in [5, 5.41) is 1.92. The molecule has 2 aromatic rings. The summed E-state index contributed by atoms with van der Waals surface area (Å²) in [4.78, 5) is 43.4. The van der Waals surface area contributed by atoms with Gasteiger partial charge in [-0.15, -0.1) is 11.8 Å². The standard InChI is InChI=1S/C24H27N3O5S/c1-31-18-11-10-16(14-19(18)32-2)25-21(28)15-27-17-8-4-5-9-20(17)33-22(24(27)30)23(29)26-12-6-3-7-13-26/h4-5,8-11,14,22H,3,6-7,12-13,15H2,1-2H3,(H,25,28). The van der Waals surface area contributed by atoms with Crippen molar-refractivity contribution in [3.05, 3.63) is 42.5 Å². The predicted octanol–water partition coefficient (Wildman–Crippen LogP) is 3.16. The molecule has 0 spiro atoms. The van der Waals surface area contributed by atoms with Gasteiger partial charge in [-0.3, -0.25) is 14.4 Å². The molecule has 9 heteroatoms. The lowest BCUT2D eigenvalue weighted by molar-refractivity contribution is -0.135. The van der Waals surface area contributed by atoms with Gasteiger partial charge >= 0.3 is 0 Å². The van der Waals surface area contributed by atoms with Crippen molar-refractivity contribution in [1.82, 2.24) is 4.90 Å². The van der Waals surface area contributed by atoms with E-state index >= 15 is 0 Å². The number of carbonyl (C=O) groups is 3. The first-order chi connectivity index (χ1) is 16.0. The number of benzene rings is 2. The number of nitrogens with zero attached hydrogens (tertiary/aromatic N) is 2. The van der Waals surface area contributed by atoms with Crippen molar-refractivity contribution in [3.63, 3.8) is 0 Å². The predicted molar refractivity (Wildman–Crippen MR) is 127 cm³/mol. The third-order valence-corrected chi connectivity index (χ3v) is 6.99. The van der Waals surface area contributed by atoms with Crippen LogP contribution in [0.4, 0.5) is 11.4 Å². The maximum atomic E-state index is 13.4. The third kappa shape index (κ3) is 4.93. The van der Waals surface area contributed by atoms with Crippen molar-refractivity contribution in [1.29, 1.82) is 0 Å². The highest BCUT2D eigenvalue weighted by Gasteiger charge is 2.41. The molecule has 2 aliphatic heterocycles. The van der Waals surface area contributed by atoms with E-state index in [4.69, 9.17) is 9.47 Å². The number of nitrogens with one attached hydrogen (secondary N) is 1. The van der Waals surface area contributed by atoms with Crippen LogP contribution in [0.1, 0.15) is 19.3 Å². The lowest BCUT2D eigenvalue weighted by Crippen LogP contribution is -2.52. The van der Waals surface area contributed by atoms with Crippen LogP contribution in [0.3, 0.4) is 0 Å². The number of thioether (sulfide) groups is 1. The Labute approximate surface area is 197 Å². The van der Waals surface area contributed by atoms with E-state index in [1.54, 1.807) is 29.2 Å². The van der Waals surface area contributed by atoms with E-state index in [0.717, 1.165) is 24.2 Å². The summed E-state index contributed by atoms with van der Waals surface area (Å²) in [6.07, 6.45) is 3.00. The van der Waals surface area contributed by atoms with Crippen LogP contribution in [-0.4, -0.2) is 61.7 Å². The average molecular weight is 470 g/mol. The molecule has 8 nitrogen and oxygen atoms in total. The van der Waals surface area contributed by atoms with Crippen LogP contribution in [0.5, 0.6) is 11.5 Å². The molecular weight excluding hydrogens is 442 g/mol. The number of methoxy groups -OCH3 is 2. The number of fused-ring (bicyclic) bond motifs is 1. The van der Waals surface area contributed by atoms with Gasteiger partial charge in [0.05, 0.1) is 19.9 Å². The van der Waals surface area contributed by atoms with Gasteiger partial charge in [0.15, 0.2) is 16.7 Å². The molecule has 1 unspecified atom stereocenters. The van der Waals surface area contributed by atoms with E-state index < -0.39 is 5.25 Å². The van der Waals surface area contributed by atoms with E-state index in [0.29, 0.717) is 36.0 Å². The van der Waals surface area contributed by atoms with E-state index in [1.165, 1.54) is 30.9 Å². The van der Waals surface area contributed by atoms with E-state index in [-0.39, 0.29) is 24.3 Å². The molecular formula is C24H27N3O5S. The number of amides is 3. The molecule has 2 heterocycles. The van der Waals surface area contributed by atoms with Gasteiger partial charge in [0.25, 0.3) is 5.91 Å². The van der Waals surface area contributed by atoms with Crippen LogP contribution in [0.15, 0.2) is 47.4 Å². The molecule has 1 N–H and O–H groups in total. The fraction of sp³-hybridized carbons (Fsp3) is 0.375. The Hall–Kier alpha value is -3.20. The minimum absolute atomic E-state index is 0.176. The Kier molecular flexibility index (Phi) is 7.08. The van der Waals surface area contributed by atoms with Crippen molar-refractivity contribution in [2.24, 2.45) is 0 Å². The number of ether oxygens (including phenoxy) is 2. The molecule has 33 heavy (non-hydrogen) atoms. The lowest BCUT2D eigenvalue weighted by Gasteiger charge is -2.36. The number of rotatable bonds is 6. The second-order valence-corrected chi connectivity index (χ2v) is 9.04. The molecule has 3 amide bonds. The van der Waals surface area contributed by atoms with E-state index in [9.17, 15) is 14.4 Å². The topological polar surface area (TPSA) is 88.2 Å². The molecule has 0 radical (unpaired) electrons. The number of hydrogen-bond donors (Lipinski definition) is 1. The molecule has 2 aliphatic rings. The molecule has 0 aliphatic carbocycles. The normalized spacial score (nSPS) is 17.9. The van der Waals surface area contributed by atoms with Crippen LogP contribution in [0.25, 0.3) is 0 Å². The molecule has 0 saturated carbocycles. The first-order valence-corrected chi connectivity index (χ1v) is 11.8. The molecule has 1 atom stereocenters. The molecule has 4 rings (SSSR count). The molecule has 0 bridgehead atoms. The van der Waals surface area contributed by atoms with Gasteiger partial charge in [-0.1, -0.05) is 12.1 Å². The van der Waals surface area contributed by atoms with Gasteiger partial charge in [0, 0.05) is 29.7 Å². The van der Waals surface area contributed by atoms with E-state index in [1.807, 2.05) is 18.2 Å². The van der Waals surface area contributed by atoms with Gasteiger partial charge in [-0.25, -0.2) is 0 Å². The second-order valence-electron chi connectivity index (χ2n) is 7.89. The van der Waals surface area contributed by atoms with Crippen LogP contribution in [0.2, 0.25) is 0 Å². The third-order valence-electron chi connectivity index (χ3n) is 5.75. The van der Waals surface area contributed by atoms with Crippen LogP contribution in [-0.2, 0) is 14.4 Å². The Bertz CT molecular complexity index is 1050. The smallest absolute Gasteiger partial charge is 0.250 e. The minimum Gasteiger partial charge on any atom is -0.493 e. The Morgan fingerprint density at radius 2 is 1.76 bits per heavy atom. The van der Waals surface area contributed by atoms with Crippen molar-refractivity contribution in [2.75, 3.05) is 44.1 Å². The number of likely N-dealkylation sites (tertiary alicyclic amines) is 1. The summed E-state index contributed by atoms with van der Waals surface area (Å²) >= 11 is 1.27. The Balaban J connectivity index is 1.53. The Morgan fingerprint density at radius 1 is 1.03 bits per heavy atom. The molecule has 1 saturated heterocycles. The summed E-state index contributed by atoms with van der Waals surface area (Å²) in [7, 11) is 3.05. The van der Waals surface area contributed by atoms with Crippen LogP contribution < -0.4 is 19.7 Å². The van der Waals surface area contributed by atoms with Crippen molar-refractivity contribution in [3.8, 4) is 11.5 Å². The first-order valence-electron chi connectivity index (χ1n) is 10.9. The first kappa shape index (κ1) is 23.0. The highest BCUT2D eigenvalue weighted by atomic mass is 32.2. The maximum Gasteiger partial charge on any atom is 0.250 e. The summed E-state index contributed by atoms with van der Waals surface area (Å²) in [6, 6.07) is 12.4. The summed E-state index contributed by atoms with van der Waals surface area (Å²) in [6.45, 7) is 1.14. The molecule has 1 fully saturated rings. The number of carbonyl (C=O) groups excluding carboxylic acids is 3. The molecule has 174 valence electrons. The van der Waals surface area contributed by atoms with Crippen LogP contribution in [0, 0.1) is 0 Å². The number of piperidine rings is 1. The number of anilines is 2. The number of hydrogen-bond acceptors (Lipinski definition) is 6. The molecule has 2 aromatic carbocycles. The fourth-order valence-electron chi connectivity index (χ4n) is 4.07. The largest absolute Gasteiger partial charge is 0.493 e. The highest BCUT2D eigenvalue weighted by Crippen LogP contribution is 2.40. The van der Waals surface area contributed by atoms with Gasteiger partial charge in [-0.2, -0.15) is 0 Å². The summed E-state index contributed by atoms with van der Waals surface area (Å²) in [5.74, 6) is 0.118. The minimum atomic E-state index is -0.883. The fourth-order valence-corrected chi connectivity index (χ4v) is 5.26. The summed E-state index contributed by atoms with van der Waals surface area (Å²) in [5.41, 5.74) is 1.16.